The molecule has 1 heterocycles. The zero-order valence-corrected chi connectivity index (χ0v) is 11.2. The number of anilines is 1. The lowest BCUT2D eigenvalue weighted by atomic mass is 10.1. The number of nitrogens with one attached hydrogen (secondary N) is 2. The van der Waals surface area contributed by atoms with E-state index in [9.17, 15) is 14.9 Å². The average molecular weight is 284 g/mol. The number of nitro benzene ring substituents is 1. The van der Waals surface area contributed by atoms with Crippen molar-refractivity contribution < 1.29 is 9.72 Å². The highest BCUT2D eigenvalue weighted by Crippen LogP contribution is 2.30. The van der Waals surface area contributed by atoms with E-state index in [1.165, 1.54) is 12.1 Å². The number of nitrogens with zero attached hydrogens (tertiary/aromatic N) is 1. The number of rotatable bonds is 3. The van der Waals surface area contributed by atoms with Gasteiger partial charge in [-0.15, -0.1) is 0 Å². The van der Waals surface area contributed by atoms with Crippen molar-refractivity contribution in [3.63, 3.8) is 0 Å². The summed E-state index contributed by atoms with van der Waals surface area (Å²) < 4.78 is 0. The number of benzene rings is 1. The summed E-state index contributed by atoms with van der Waals surface area (Å²) in [7, 11) is 0. The topological polar surface area (TPSA) is 84.3 Å². The number of carbonyl (C=O) groups excluding carboxylic acids is 1. The Morgan fingerprint density at radius 2 is 2.32 bits per heavy atom. The average Bonchev–Trinajstić information content (AvgIpc) is 2.86. The molecular formula is C12H14ClN3O3. The SMILES string of the molecule is Cc1cc([N+](=O)[O-])c(Cl)cc1NC(=O)C1CCNC1. The third kappa shape index (κ3) is 3.02. The van der Waals surface area contributed by atoms with E-state index in [2.05, 4.69) is 10.6 Å². The highest BCUT2D eigenvalue weighted by Gasteiger charge is 2.23. The fourth-order valence-corrected chi connectivity index (χ4v) is 2.29. The van der Waals surface area contributed by atoms with Gasteiger partial charge in [-0.1, -0.05) is 11.6 Å². The molecule has 2 N–H and O–H groups in total. The van der Waals surface area contributed by atoms with E-state index >= 15 is 0 Å². The zero-order chi connectivity index (χ0) is 14.0. The fourth-order valence-electron chi connectivity index (χ4n) is 2.05. The van der Waals surface area contributed by atoms with Gasteiger partial charge >= 0.3 is 0 Å². The maximum atomic E-state index is 12.0. The monoisotopic (exact) mass is 283 g/mol. The Morgan fingerprint density at radius 3 is 2.89 bits per heavy atom. The Morgan fingerprint density at radius 1 is 1.58 bits per heavy atom. The molecule has 0 spiro atoms. The van der Waals surface area contributed by atoms with Crippen LogP contribution < -0.4 is 10.6 Å². The van der Waals surface area contributed by atoms with Gasteiger partial charge in [-0.2, -0.15) is 0 Å². The largest absolute Gasteiger partial charge is 0.326 e. The van der Waals surface area contributed by atoms with Crippen LogP contribution in [0.4, 0.5) is 11.4 Å². The first kappa shape index (κ1) is 13.8. The number of aryl methyl sites for hydroxylation is 1. The quantitative estimate of drug-likeness (QED) is 0.657. The zero-order valence-electron chi connectivity index (χ0n) is 10.4. The third-order valence-corrected chi connectivity index (χ3v) is 3.48. The lowest BCUT2D eigenvalue weighted by Gasteiger charge is -2.12. The van der Waals surface area contributed by atoms with Gasteiger partial charge in [0.2, 0.25) is 5.91 Å². The van der Waals surface area contributed by atoms with Gasteiger partial charge in [-0.3, -0.25) is 14.9 Å². The number of amides is 1. The fraction of sp³-hybridized carbons (Fsp3) is 0.417. The molecule has 1 aliphatic rings. The second-order valence-corrected chi connectivity index (χ2v) is 4.96. The smallest absolute Gasteiger partial charge is 0.288 e. The molecule has 0 radical (unpaired) electrons. The first-order chi connectivity index (χ1) is 8.99. The number of nitro groups is 1. The van der Waals surface area contributed by atoms with Crippen molar-refractivity contribution in [3.8, 4) is 0 Å². The van der Waals surface area contributed by atoms with Crippen LogP contribution in [0, 0.1) is 23.0 Å². The Kier molecular flexibility index (Phi) is 4.01. The molecule has 1 fully saturated rings. The van der Waals surface area contributed by atoms with Crippen molar-refractivity contribution in [2.75, 3.05) is 18.4 Å². The van der Waals surface area contributed by atoms with Crippen molar-refractivity contribution in [1.82, 2.24) is 5.32 Å². The summed E-state index contributed by atoms with van der Waals surface area (Å²) >= 11 is 5.83. The van der Waals surface area contributed by atoms with Gasteiger partial charge < -0.3 is 10.6 Å². The van der Waals surface area contributed by atoms with Crippen LogP contribution in [-0.2, 0) is 4.79 Å². The Hall–Kier alpha value is -1.66. The first-order valence-corrected chi connectivity index (χ1v) is 6.33. The molecule has 1 amide bonds. The van der Waals surface area contributed by atoms with Gasteiger partial charge in [0.25, 0.3) is 5.69 Å². The molecule has 7 heteroatoms. The van der Waals surface area contributed by atoms with E-state index in [1.54, 1.807) is 6.92 Å². The predicted octanol–water partition coefficient (Wildman–Crippen LogP) is 2.10. The summed E-state index contributed by atoms with van der Waals surface area (Å²) in [6.07, 6.45) is 0.797. The van der Waals surface area contributed by atoms with E-state index in [1.807, 2.05) is 0 Å². The minimum Gasteiger partial charge on any atom is -0.326 e. The highest BCUT2D eigenvalue weighted by molar-refractivity contribution is 6.33. The Bertz CT molecular complexity index is 527. The van der Waals surface area contributed by atoms with E-state index in [0.29, 0.717) is 17.8 Å². The van der Waals surface area contributed by atoms with Crippen LogP contribution in [0.1, 0.15) is 12.0 Å². The highest BCUT2D eigenvalue weighted by atomic mass is 35.5. The van der Waals surface area contributed by atoms with Crippen LogP contribution >= 0.6 is 11.6 Å². The summed E-state index contributed by atoms with van der Waals surface area (Å²) in [5, 5.41) is 16.7. The van der Waals surface area contributed by atoms with Gasteiger partial charge in [0.15, 0.2) is 0 Å². The van der Waals surface area contributed by atoms with E-state index in [0.717, 1.165) is 13.0 Å². The van der Waals surface area contributed by atoms with Gasteiger partial charge in [-0.25, -0.2) is 0 Å². The van der Waals surface area contributed by atoms with Gasteiger partial charge in [0.05, 0.1) is 10.8 Å². The van der Waals surface area contributed by atoms with Crippen LogP contribution in [0.15, 0.2) is 12.1 Å². The summed E-state index contributed by atoms with van der Waals surface area (Å²) in [6.45, 7) is 3.19. The third-order valence-electron chi connectivity index (χ3n) is 3.18. The molecule has 1 unspecified atom stereocenters. The Balaban J connectivity index is 2.18. The number of carbonyl (C=O) groups is 1. The summed E-state index contributed by atoms with van der Waals surface area (Å²) in [5.74, 6) is -0.147. The number of halogens is 1. The molecule has 0 bridgehead atoms. The van der Waals surface area contributed by atoms with Crippen molar-refractivity contribution in [3.05, 3.63) is 32.8 Å². The summed E-state index contributed by atoms with van der Waals surface area (Å²) in [6, 6.07) is 2.79. The Labute approximate surface area is 115 Å². The molecule has 19 heavy (non-hydrogen) atoms. The van der Waals surface area contributed by atoms with Crippen molar-refractivity contribution in [2.45, 2.75) is 13.3 Å². The molecule has 0 saturated carbocycles. The minimum absolute atomic E-state index is 0.0236. The van der Waals surface area contributed by atoms with E-state index < -0.39 is 4.92 Å². The van der Waals surface area contributed by atoms with Crippen LogP contribution in [0.5, 0.6) is 0 Å². The number of hydrogen-bond donors (Lipinski definition) is 2. The van der Waals surface area contributed by atoms with Crippen LogP contribution in [-0.4, -0.2) is 23.9 Å². The summed E-state index contributed by atoms with van der Waals surface area (Å²) in [4.78, 5) is 22.2. The molecule has 102 valence electrons. The summed E-state index contributed by atoms with van der Waals surface area (Å²) in [5.41, 5.74) is 0.989. The lowest BCUT2D eigenvalue weighted by molar-refractivity contribution is -0.384. The molecule has 1 aliphatic heterocycles. The molecule has 1 aromatic rings. The van der Waals surface area contributed by atoms with Crippen molar-refractivity contribution in [1.29, 1.82) is 0 Å². The second kappa shape index (κ2) is 5.54. The second-order valence-electron chi connectivity index (χ2n) is 4.55. The predicted molar refractivity (Wildman–Crippen MR) is 72.4 cm³/mol. The molecule has 1 saturated heterocycles. The molecule has 2 rings (SSSR count). The van der Waals surface area contributed by atoms with Crippen LogP contribution in [0.3, 0.4) is 0 Å². The maximum Gasteiger partial charge on any atom is 0.288 e. The molecule has 0 aromatic heterocycles. The molecule has 1 atom stereocenters. The van der Waals surface area contributed by atoms with Gasteiger partial charge in [0, 0.05) is 18.3 Å². The van der Waals surface area contributed by atoms with E-state index in [-0.39, 0.29) is 22.5 Å². The molecular weight excluding hydrogens is 270 g/mol. The van der Waals surface area contributed by atoms with Gasteiger partial charge in [-0.05, 0) is 31.5 Å². The first-order valence-electron chi connectivity index (χ1n) is 5.95. The van der Waals surface area contributed by atoms with Crippen LogP contribution in [0.25, 0.3) is 0 Å². The normalized spacial score (nSPS) is 18.3. The van der Waals surface area contributed by atoms with Gasteiger partial charge in [0.1, 0.15) is 5.02 Å². The lowest BCUT2D eigenvalue weighted by Crippen LogP contribution is -2.25. The number of hydrogen-bond acceptors (Lipinski definition) is 4. The molecule has 0 aliphatic carbocycles. The standard InChI is InChI=1S/C12H14ClN3O3/c1-7-4-11(16(18)19)9(13)5-10(7)15-12(17)8-2-3-14-6-8/h4-5,8,14H,2-3,6H2,1H3,(H,15,17). The molecule has 1 aromatic carbocycles. The van der Waals surface area contributed by atoms with Crippen molar-refractivity contribution in [2.24, 2.45) is 5.92 Å². The molecule has 6 nitrogen and oxygen atoms in total. The maximum absolute atomic E-state index is 12.0. The van der Waals surface area contributed by atoms with Crippen LogP contribution in [0.2, 0.25) is 5.02 Å². The van der Waals surface area contributed by atoms with E-state index in [4.69, 9.17) is 11.6 Å². The minimum atomic E-state index is -0.540. The van der Waals surface area contributed by atoms with Crippen molar-refractivity contribution >= 4 is 28.9 Å².